The summed E-state index contributed by atoms with van der Waals surface area (Å²) < 4.78 is 26.4. The predicted molar refractivity (Wildman–Crippen MR) is 82.8 cm³/mol. The second kappa shape index (κ2) is 6.87. The maximum atomic E-state index is 12.6. The highest BCUT2D eigenvalue weighted by molar-refractivity contribution is 7.89. The first kappa shape index (κ1) is 17.1. The lowest BCUT2D eigenvalue weighted by Gasteiger charge is -2.20. The van der Waals surface area contributed by atoms with Crippen molar-refractivity contribution in [2.75, 3.05) is 24.8 Å². The van der Waals surface area contributed by atoms with Crippen LogP contribution in [-0.2, 0) is 10.0 Å². The average Bonchev–Trinajstić information content (AvgIpc) is 2.90. The number of alkyl halides is 2. The van der Waals surface area contributed by atoms with E-state index < -0.39 is 16.0 Å². The van der Waals surface area contributed by atoms with Crippen LogP contribution < -0.4 is 5.11 Å². The van der Waals surface area contributed by atoms with E-state index in [1.54, 1.807) is 0 Å². The molecule has 6 nitrogen and oxygen atoms in total. The predicted octanol–water partition coefficient (Wildman–Crippen LogP) is 1.000. The molecule has 1 heterocycles. The maximum absolute atomic E-state index is 12.6. The summed E-state index contributed by atoms with van der Waals surface area (Å²) in [5.41, 5.74) is 0.424. The lowest BCUT2D eigenvalue weighted by Crippen LogP contribution is -2.34. The smallest absolute Gasteiger partial charge is 0.243 e. The van der Waals surface area contributed by atoms with Gasteiger partial charge in [-0.3, -0.25) is 0 Å². The molecule has 2 rings (SSSR count). The fourth-order valence-corrected chi connectivity index (χ4v) is 4.20. The summed E-state index contributed by atoms with van der Waals surface area (Å²) in [5, 5.41) is 11.3. The molecule has 22 heavy (non-hydrogen) atoms. The molecule has 0 saturated heterocycles. The Morgan fingerprint density at radius 3 is 2.41 bits per heavy atom. The van der Waals surface area contributed by atoms with Crippen molar-refractivity contribution in [2.24, 2.45) is 0 Å². The number of aromatic carboxylic acids is 1. The Kier molecular flexibility index (Phi) is 5.33. The fraction of sp³-hybridized carbons (Fsp3) is 0.308. The fourth-order valence-electron chi connectivity index (χ4n) is 2.12. The van der Waals surface area contributed by atoms with Gasteiger partial charge in [0.1, 0.15) is 0 Å². The SMILES string of the molecule is O=C([O-])c1c[nH]c2ccc(S(=O)(=O)N(CCCl)CCCl)cc12. The Bertz CT molecular complexity index is 782. The second-order valence-corrected chi connectivity index (χ2v) is 7.17. The molecule has 0 aliphatic heterocycles. The number of aromatic nitrogens is 1. The number of carboxylic acid groups (broad SMARTS) is 1. The van der Waals surface area contributed by atoms with Crippen LogP contribution in [0.2, 0.25) is 0 Å². The van der Waals surface area contributed by atoms with Crippen LogP contribution in [0.25, 0.3) is 10.9 Å². The highest BCUT2D eigenvalue weighted by Gasteiger charge is 2.24. The van der Waals surface area contributed by atoms with Gasteiger partial charge in [-0.2, -0.15) is 4.31 Å². The van der Waals surface area contributed by atoms with E-state index in [2.05, 4.69) is 4.98 Å². The van der Waals surface area contributed by atoms with Crippen molar-refractivity contribution in [1.29, 1.82) is 0 Å². The molecule has 1 aromatic heterocycles. The topological polar surface area (TPSA) is 93.3 Å². The number of sulfonamides is 1. The van der Waals surface area contributed by atoms with E-state index in [0.717, 1.165) is 0 Å². The minimum atomic E-state index is -3.80. The van der Waals surface area contributed by atoms with E-state index in [-0.39, 0.29) is 40.7 Å². The van der Waals surface area contributed by atoms with Gasteiger partial charge in [0.2, 0.25) is 10.0 Å². The van der Waals surface area contributed by atoms with E-state index in [0.29, 0.717) is 5.52 Å². The van der Waals surface area contributed by atoms with Gasteiger partial charge >= 0.3 is 0 Å². The summed E-state index contributed by atoms with van der Waals surface area (Å²) in [7, 11) is -3.80. The van der Waals surface area contributed by atoms with Gasteiger partial charge in [0.05, 0.1) is 10.9 Å². The van der Waals surface area contributed by atoms with Crippen molar-refractivity contribution < 1.29 is 18.3 Å². The van der Waals surface area contributed by atoms with Crippen LogP contribution in [0.5, 0.6) is 0 Å². The molecule has 120 valence electrons. The van der Waals surface area contributed by atoms with Crippen molar-refractivity contribution in [2.45, 2.75) is 4.90 Å². The summed E-state index contributed by atoms with van der Waals surface area (Å²) >= 11 is 11.3. The monoisotopic (exact) mass is 363 g/mol. The summed E-state index contributed by atoms with van der Waals surface area (Å²) in [5.74, 6) is -1.11. The third-order valence-electron chi connectivity index (χ3n) is 3.18. The molecule has 1 aromatic carbocycles. The van der Waals surface area contributed by atoms with E-state index in [1.165, 1.54) is 28.7 Å². The molecule has 0 atom stereocenters. The molecule has 9 heteroatoms. The van der Waals surface area contributed by atoms with Crippen molar-refractivity contribution in [3.05, 3.63) is 30.0 Å². The van der Waals surface area contributed by atoms with Crippen molar-refractivity contribution in [3.63, 3.8) is 0 Å². The van der Waals surface area contributed by atoms with Gasteiger partial charge in [-0.15, -0.1) is 23.2 Å². The van der Waals surface area contributed by atoms with Gasteiger partial charge < -0.3 is 14.9 Å². The number of benzene rings is 1. The molecule has 0 bridgehead atoms. The molecule has 0 amide bonds. The van der Waals surface area contributed by atoms with E-state index in [1.807, 2.05) is 0 Å². The first-order valence-corrected chi connectivity index (χ1v) is 8.87. The molecule has 2 aromatic rings. The lowest BCUT2D eigenvalue weighted by atomic mass is 10.2. The third-order valence-corrected chi connectivity index (χ3v) is 5.41. The van der Waals surface area contributed by atoms with Gasteiger partial charge in [-0.05, 0) is 18.2 Å². The van der Waals surface area contributed by atoms with Crippen LogP contribution in [0.4, 0.5) is 0 Å². The van der Waals surface area contributed by atoms with Crippen LogP contribution in [-0.4, -0.2) is 48.5 Å². The standard InChI is InChI=1S/C13H14Cl2N2O4S/c14-3-5-17(6-4-15)22(20,21)9-1-2-12-10(7-9)11(8-16-12)13(18)19/h1-2,7-8,16H,3-6H2,(H,18,19)/p-1. The molecule has 0 saturated carbocycles. The van der Waals surface area contributed by atoms with Crippen molar-refractivity contribution in [1.82, 2.24) is 9.29 Å². The van der Waals surface area contributed by atoms with Crippen molar-refractivity contribution in [3.8, 4) is 0 Å². The third kappa shape index (κ3) is 3.22. The summed E-state index contributed by atoms with van der Waals surface area (Å²) in [4.78, 5) is 13.8. The number of halogens is 2. The number of fused-ring (bicyclic) bond motifs is 1. The zero-order chi connectivity index (χ0) is 16.3. The van der Waals surface area contributed by atoms with Crippen LogP contribution in [0.3, 0.4) is 0 Å². The number of carbonyl (C=O) groups is 1. The Hall–Kier alpha value is -1.28. The number of H-pyrrole nitrogens is 1. The van der Waals surface area contributed by atoms with Crippen LogP contribution in [0, 0.1) is 0 Å². The molecular weight excluding hydrogens is 351 g/mol. The number of hydrogen-bond donors (Lipinski definition) is 1. The minimum absolute atomic E-state index is 0.0164. The molecule has 0 spiro atoms. The van der Waals surface area contributed by atoms with Gasteiger partial charge in [0.15, 0.2) is 0 Å². The quantitative estimate of drug-likeness (QED) is 0.742. The average molecular weight is 364 g/mol. The van der Waals surface area contributed by atoms with E-state index >= 15 is 0 Å². The minimum Gasteiger partial charge on any atom is -0.545 e. The molecule has 0 aliphatic carbocycles. The Morgan fingerprint density at radius 2 is 1.86 bits per heavy atom. The van der Waals surface area contributed by atoms with Crippen molar-refractivity contribution >= 4 is 50.1 Å². The first-order chi connectivity index (χ1) is 10.4. The van der Waals surface area contributed by atoms with Crippen LogP contribution >= 0.6 is 23.2 Å². The number of rotatable bonds is 7. The normalized spacial score (nSPS) is 12.1. The largest absolute Gasteiger partial charge is 0.545 e. The molecular formula is C13H13Cl2N2O4S-. The summed E-state index contributed by atoms with van der Waals surface area (Å²) in [6.07, 6.45) is 1.27. The Balaban J connectivity index is 2.52. The Labute approximate surface area is 137 Å². The molecule has 0 unspecified atom stereocenters. The zero-order valence-electron chi connectivity index (χ0n) is 11.4. The number of carbonyl (C=O) groups excluding carboxylic acids is 1. The molecule has 0 fully saturated rings. The molecule has 0 radical (unpaired) electrons. The number of nitrogens with one attached hydrogen (secondary N) is 1. The number of carboxylic acids is 1. The number of hydrogen-bond acceptors (Lipinski definition) is 4. The van der Waals surface area contributed by atoms with Gasteiger partial charge in [0, 0.05) is 47.5 Å². The van der Waals surface area contributed by atoms with Gasteiger partial charge in [0.25, 0.3) is 0 Å². The van der Waals surface area contributed by atoms with Gasteiger partial charge in [-0.25, -0.2) is 8.42 Å². The summed E-state index contributed by atoms with van der Waals surface area (Å²) in [6, 6.07) is 4.22. The van der Waals surface area contributed by atoms with E-state index in [9.17, 15) is 18.3 Å². The maximum Gasteiger partial charge on any atom is 0.243 e. The lowest BCUT2D eigenvalue weighted by molar-refractivity contribution is -0.254. The van der Waals surface area contributed by atoms with Crippen LogP contribution in [0.1, 0.15) is 10.4 Å². The number of aromatic amines is 1. The number of nitrogens with zero attached hydrogens (tertiary/aromatic N) is 1. The molecule has 1 N–H and O–H groups in total. The van der Waals surface area contributed by atoms with E-state index in [4.69, 9.17) is 23.2 Å². The highest BCUT2D eigenvalue weighted by atomic mass is 35.5. The Morgan fingerprint density at radius 1 is 1.23 bits per heavy atom. The van der Waals surface area contributed by atoms with Gasteiger partial charge in [-0.1, -0.05) is 0 Å². The summed E-state index contributed by atoms with van der Waals surface area (Å²) in [6.45, 7) is 0.240. The first-order valence-electron chi connectivity index (χ1n) is 6.36. The zero-order valence-corrected chi connectivity index (χ0v) is 13.7. The van der Waals surface area contributed by atoms with Crippen LogP contribution in [0.15, 0.2) is 29.3 Å². The second-order valence-electron chi connectivity index (χ2n) is 4.48. The highest BCUT2D eigenvalue weighted by Crippen LogP contribution is 2.24. The molecule has 0 aliphatic rings.